The molecule has 0 fully saturated rings. The topological polar surface area (TPSA) is 58.6 Å². The summed E-state index contributed by atoms with van der Waals surface area (Å²) >= 11 is 3.24. The van der Waals surface area contributed by atoms with Crippen LogP contribution in [-0.2, 0) is 6.54 Å². The fourth-order valence-corrected chi connectivity index (χ4v) is 3.60. The van der Waals surface area contributed by atoms with Crippen molar-refractivity contribution in [3.05, 3.63) is 88.9 Å². The molecule has 0 saturated heterocycles. The van der Waals surface area contributed by atoms with Gasteiger partial charge in [-0.1, -0.05) is 33.2 Å². The molecule has 0 radical (unpaired) electrons. The summed E-state index contributed by atoms with van der Waals surface area (Å²) in [6.45, 7) is 0.398. The van der Waals surface area contributed by atoms with Gasteiger partial charge in [0.2, 0.25) is 12.3 Å². The molecule has 5 nitrogen and oxygen atoms in total. The maximum Gasteiger partial charge on any atom is 0.208 e. The predicted octanol–water partition coefficient (Wildman–Crippen LogP) is 5.26. The number of fused-ring (bicyclic) bond motifs is 1. The number of imidazole rings is 1. The summed E-state index contributed by atoms with van der Waals surface area (Å²) in [6.07, 6.45) is 3.70. The quantitative estimate of drug-likeness (QED) is 0.366. The van der Waals surface area contributed by atoms with Gasteiger partial charge in [-0.3, -0.25) is 0 Å². The van der Waals surface area contributed by atoms with E-state index in [-0.39, 0.29) is 11.6 Å². The molecule has 148 valence electrons. The first-order valence-electron chi connectivity index (χ1n) is 9.11. The first-order valence-corrected chi connectivity index (χ1v) is 9.91. The average molecular weight is 468 g/mol. The van der Waals surface area contributed by atoms with E-state index in [1.807, 2.05) is 23.0 Å². The number of H-pyrrole nitrogens is 1. The lowest BCUT2D eigenvalue weighted by Gasteiger charge is -1.98. The number of hydrogen-bond donors (Lipinski definition) is 1. The van der Waals surface area contributed by atoms with Crippen molar-refractivity contribution in [3.63, 3.8) is 0 Å². The van der Waals surface area contributed by atoms with Crippen molar-refractivity contribution >= 4 is 27.0 Å². The maximum atomic E-state index is 14.2. The second-order valence-corrected chi connectivity index (χ2v) is 7.70. The van der Waals surface area contributed by atoms with Gasteiger partial charge >= 0.3 is 0 Å². The lowest BCUT2D eigenvalue weighted by Crippen LogP contribution is -2.32. The Morgan fingerprint density at radius 2 is 1.87 bits per heavy atom. The van der Waals surface area contributed by atoms with Gasteiger partial charge in [0.1, 0.15) is 34.2 Å². The van der Waals surface area contributed by atoms with Crippen LogP contribution in [0.2, 0.25) is 0 Å². The minimum absolute atomic E-state index is 0.334. The van der Waals surface area contributed by atoms with Crippen molar-refractivity contribution in [1.82, 2.24) is 15.1 Å². The van der Waals surface area contributed by atoms with E-state index in [9.17, 15) is 8.78 Å². The molecule has 30 heavy (non-hydrogen) atoms. The molecule has 5 aromatic rings. The molecule has 0 saturated carbocycles. The highest BCUT2D eigenvalue weighted by Gasteiger charge is 2.16. The Hall–Kier alpha value is -3.39. The van der Waals surface area contributed by atoms with Crippen molar-refractivity contribution < 1.29 is 17.9 Å². The van der Waals surface area contributed by atoms with Crippen LogP contribution in [-0.4, -0.2) is 15.1 Å². The zero-order valence-corrected chi connectivity index (χ0v) is 17.0. The third-order valence-electron chi connectivity index (χ3n) is 4.71. The Balaban J connectivity index is 1.42. The molecule has 1 N–H and O–H groups in total. The van der Waals surface area contributed by atoms with Gasteiger partial charge in [-0.2, -0.15) is 4.57 Å². The van der Waals surface area contributed by atoms with Gasteiger partial charge < -0.3 is 9.51 Å². The summed E-state index contributed by atoms with van der Waals surface area (Å²) in [4.78, 5) is 7.61. The number of aromatic amines is 1. The van der Waals surface area contributed by atoms with Crippen LogP contribution in [0.1, 0.15) is 5.76 Å². The van der Waals surface area contributed by atoms with Crippen LogP contribution < -0.4 is 4.57 Å². The van der Waals surface area contributed by atoms with E-state index in [0.29, 0.717) is 39.4 Å². The van der Waals surface area contributed by atoms with Gasteiger partial charge in [0, 0.05) is 22.2 Å². The molecule has 0 spiro atoms. The highest BCUT2D eigenvalue weighted by atomic mass is 79.9. The van der Waals surface area contributed by atoms with E-state index in [4.69, 9.17) is 4.52 Å². The lowest BCUT2D eigenvalue weighted by atomic mass is 10.1. The first-order chi connectivity index (χ1) is 14.6. The van der Waals surface area contributed by atoms with E-state index in [2.05, 4.69) is 31.1 Å². The van der Waals surface area contributed by atoms with Crippen LogP contribution in [0.5, 0.6) is 0 Å². The van der Waals surface area contributed by atoms with E-state index in [0.717, 1.165) is 11.0 Å². The second kappa shape index (κ2) is 7.46. The minimum atomic E-state index is -0.378. The molecule has 8 heteroatoms. The largest absolute Gasteiger partial charge is 0.354 e. The maximum absolute atomic E-state index is 14.2. The Labute approximate surface area is 178 Å². The minimum Gasteiger partial charge on any atom is -0.354 e. The van der Waals surface area contributed by atoms with Gasteiger partial charge in [-0.25, -0.2) is 13.8 Å². The van der Waals surface area contributed by atoms with Crippen LogP contribution in [0.15, 0.2) is 76.0 Å². The molecular formula is C22H14BrF2N4O+. The van der Waals surface area contributed by atoms with Crippen molar-refractivity contribution in [2.75, 3.05) is 0 Å². The van der Waals surface area contributed by atoms with E-state index < -0.39 is 0 Å². The highest BCUT2D eigenvalue weighted by molar-refractivity contribution is 9.10. The summed E-state index contributed by atoms with van der Waals surface area (Å²) in [5, 5.41) is 3.98. The fraction of sp³-hybridized carbons (Fsp3) is 0.0455. The zero-order chi connectivity index (χ0) is 20.7. The third-order valence-corrected chi connectivity index (χ3v) is 5.21. The fourth-order valence-electron chi connectivity index (χ4n) is 3.27. The van der Waals surface area contributed by atoms with Crippen LogP contribution >= 0.6 is 15.9 Å². The third kappa shape index (κ3) is 3.50. The Kier molecular flexibility index (Phi) is 4.63. The standard InChI is InChI=1S/C22H13BrF2N4O/c23-13-5-6-15(18(25)9-13)20-10-14(30-28-20)11-29-8-7-19-21(12-29)27-22(26-19)16-3-1-2-4-17(16)24/h1-10,12H,11H2/p+1. The number of rotatable bonds is 4. The number of pyridine rings is 1. The number of halogens is 3. The van der Waals surface area contributed by atoms with Crippen LogP contribution in [0.3, 0.4) is 0 Å². The van der Waals surface area contributed by atoms with Crippen molar-refractivity contribution in [3.8, 4) is 22.6 Å². The van der Waals surface area contributed by atoms with Gasteiger partial charge in [0.05, 0.1) is 5.56 Å². The van der Waals surface area contributed by atoms with Gasteiger partial charge in [-0.15, -0.1) is 0 Å². The summed E-state index contributed by atoms with van der Waals surface area (Å²) in [5.74, 6) is 0.328. The molecule has 3 aromatic heterocycles. The average Bonchev–Trinajstić information content (AvgIpc) is 3.35. The molecule has 0 aliphatic rings. The van der Waals surface area contributed by atoms with Crippen molar-refractivity contribution in [2.24, 2.45) is 0 Å². The molecule has 0 aliphatic carbocycles. The summed E-state index contributed by atoms with van der Waals surface area (Å²) in [7, 11) is 0. The monoisotopic (exact) mass is 467 g/mol. The smallest absolute Gasteiger partial charge is 0.208 e. The highest BCUT2D eigenvalue weighted by Crippen LogP contribution is 2.25. The van der Waals surface area contributed by atoms with Crippen molar-refractivity contribution in [2.45, 2.75) is 6.54 Å². The Morgan fingerprint density at radius 3 is 2.70 bits per heavy atom. The molecule has 0 aliphatic heterocycles. The van der Waals surface area contributed by atoms with Crippen LogP contribution in [0.25, 0.3) is 33.7 Å². The number of hydrogen-bond acceptors (Lipinski definition) is 3. The molecule has 0 atom stereocenters. The van der Waals surface area contributed by atoms with E-state index in [1.165, 1.54) is 12.1 Å². The van der Waals surface area contributed by atoms with E-state index in [1.54, 1.807) is 36.4 Å². The van der Waals surface area contributed by atoms with E-state index >= 15 is 0 Å². The molecule has 3 heterocycles. The normalized spacial score (nSPS) is 11.3. The van der Waals surface area contributed by atoms with Gasteiger partial charge in [-0.05, 0) is 30.3 Å². The van der Waals surface area contributed by atoms with Gasteiger partial charge in [0.15, 0.2) is 12.4 Å². The van der Waals surface area contributed by atoms with Crippen molar-refractivity contribution in [1.29, 1.82) is 0 Å². The molecule has 2 aromatic carbocycles. The molecular weight excluding hydrogens is 454 g/mol. The van der Waals surface area contributed by atoms with Crippen LogP contribution in [0, 0.1) is 11.6 Å². The predicted molar refractivity (Wildman–Crippen MR) is 110 cm³/mol. The second-order valence-electron chi connectivity index (χ2n) is 6.78. The Bertz CT molecular complexity index is 1380. The molecule has 0 bridgehead atoms. The Morgan fingerprint density at radius 1 is 1.00 bits per heavy atom. The molecule has 5 rings (SSSR count). The van der Waals surface area contributed by atoms with Crippen LogP contribution in [0.4, 0.5) is 8.78 Å². The summed E-state index contributed by atoms with van der Waals surface area (Å²) in [5.41, 5.74) is 2.70. The lowest BCUT2D eigenvalue weighted by molar-refractivity contribution is -0.688. The number of aromatic nitrogens is 4. The molecule has 0 unspecified atom stereocenters. The summed E-state index contributed by atoms with van der Waals surface area (Å²) < 4.78 is 36.1. The number of nitrogens with one attached hydrogen (secondary N) is 1. The summed E-state index contributed by atoms with van der Waals surface area (Å²) in [6, 6.07) is 14.8. The number of nitrogens with zero attached hydrogens (tertiary/aromatic N) is 3. The number of benzene rings is 2. The van der Waals surface area contributed by atoms with Gasteiger partial charge in [0.25, 0.3) is 0 Å². The first kappa shape index (κ1) is 18.6. The zero-order valence-electron chi connectivity index (χ0n) is 15.4. The SMILES string of the molecule is Fc1cc(Br)ccc1-c1cc(C[n+]2ccc3nc(-c4ccccc4F)[nH]c3c2)on1. The molecule has 0 amide bonds.